The number of thioether (sulfide) groups is 1. The highest BCUT2D eigenvalue weighted by Crippen LogP contribution is 2.24. The van der Waals surface area contributed by atoms with Crippen LogP contribution in [0.15, 0.2) is 69.7 Å². The molecule has 0 atom stereocenters. The SMILES string of the molecule is C=CCn1c(=O)c2ccccc2n2c(SCC(=O)N(Cc3ccco3)CC(F)(F)F)nnc12. The maximum atomic E-state index is 13.0. The van der Waals surface area contributed by atoms with E-state index < -0.39 is 18.6 Å². The van der Waals surface area contributed by atoms with Gasteiger partial charge in [-0.25, -0.2) is 0 Å². The lowest BCUT2D eigenvalue weighted by molar-refractivity contribution is -0.161. The third-order valence-corrected chi connectivity index (χ3v) is 5.68. The van der Waals surface area contributed by atoms with Crippen LogP contribution in [0.2, 0.25) is 0 Å². The first kappa shape index (κ1) is 22.6. The van der Waals surface area contributed by atoms with Crippen LogP contribution in [0.1, 0.15) is 5.76 Å². The molecule has 0 saturated carbocycles. The molecule has 12 heteroatoms. The van der Waals surface area contributed by atoms with E-state index in [1.807, 2.05) is 0 Å². The molecule has 0 radical (unpaired) electrons. The highest BCUT2D eigenvalue weighted by Gasteiger charge is 2.33. The minimum Gasteiger partial charge on any atom is -0.467 e. The van der Waals surface area contributed by atoms with Crippen LogP contribution in [-0.2, 0) is 17.9 Å². The van der Waals surface area contributed by atoms with Gasteiger partial charge in [0.1, 0.15) is 12.3 Å². The number of carbonyl (C=O) groups is 1. The number of nitrogens with zero attached hydrogens (tertiary/aromatic N) is 5. The average molecular weight is 477 g/mol. The maximum absolute atomic E-state index is 13.0. The van der Waals surface area contributed by atoms with Crippen LogP contribution in [-0.4, -0.2) is 48.4 Å². The van der Waals surface area contributed by atoms with E-state index in [2.05, 4.69) is 16.8 Å². The smallest absolute Gasteiger partial charge is 0.406 e. The molecule has 3 heterocycles. The lowest BCUT2D eigenvalue weighted by Gasteiger charge is -2.22. The molecule has 33 heavy (non-hydrogen) atoms. The van der Waals surface area contributed by atoms with Crippen LogP contribution < -0.4 is 5.56 Å². The van der Waals surface area contributed by atoms with Crippen molar-refractivity contribution in [1.29, 1.82) is 0 Å². The molecule has 1 aromatic carbocycles. The van der Waals surface area contributed by atoms with Crippen LogP contribution in [0.5, 0.6) is 0 Å². The van der Waals surface area contributed by atoms with Gasteiger partial charge < -0.3 is 9.32 Å². The first-order valence-electron chi connectivity index (χ1n) is 9.76. The van der Waals surface area contributed by atoms with Gasteiger partial charge in [0.15, 0.2) is 5.16 Å². The Morgan fingerprint density at radius 1 is 1.21 bits per heavy atom. The van der Waals surface area contributed by atoms with E-state index >= 15 is 0 Å². The number of benzene rings is 1. The molecule has 3 aromatic heterocycles. The summed E-state index contributed by atoms with van der Waals surface area (Å²) in [6.45, 7) is 2.13. The van der Waals surface area contributed by atoms with Crippen molar-refractivity contribution < 1.29 is 22.4 Å². The van der Waals surface area contributed by atoms with Gasteiger partial charge in [0, 0.05) is 6.54 Å². The van der Waals surface area contributed by atoms with E-state index in [-0.39, 0.29) is 41.1 Å². The largest absolute Gasteiger partial charge is 0.467 e. The van der Waals surface area contributed by atoms with Gasteiger partial charge in [-0.3, -0.25) is 18.6 Å². The van der Waals surface area contributed by atoms with E-state index in [0.717, 1.165) is 11.8 Å². The highest BCUT2D eigenvalue weighted by molar-refractivity contribution is 7.99. The molecular formula is C21H18F3N5O3S. The molecule has 8 nitrogen and oxygen atoms in total. The molecule has 0 unspecified atom stereocenters. The molecule has 4 aromatic rings. The summed E-state index contributed by atoms with van der Waals surface area (Å²) in [5.41, 5.74) is 0.258. The number of hydrogen-bond donors (Lipinski definition) is 0. The minimum absolute atomic E-state index is 0.192. The van der Waals surface area contributed by atoms with Gasteiger partial charge in [-0.15, -0.1) is 16.8 Å². The Morgan fingerprint density at radius 3 is 2.70 bits per heavy atom. The van der Waals surface area contributed by atoms with Crippen molar-refractivity contribution in [2.75, 3.05) is 12.3 Å². The topological polar surface area (TPSA) is 85.6 Å². The fourth-order valence-electron chi connectivity index (χ4n) is 3.38. The number of hydrogen-bond acceptors (Lipinski definition) is 6. The quantitative estimate of drug-likeness (QED) is 0.285. The van der Waals surface area contributed by atoms with E-state index in [1.165, 1.54) is 23.0 Å². The molecule has 0 aliphatic rings. The summed E-state index contributed by atoms with van der Waals surface area (Å²) in [5, 5.41) is 8.85. The van der Waals surface area contributed by atoms with E-state index in [0.29, 0.717) is 15.8 Å². The predicted molar refractivity (Wildman–Crippen MR) is 116 cm³/mol. The normalized spacial score (nSPS) is 11.8. The molecule has 0 bridgehead atoms. The fourth-order valence-corrected chi connectivity index (χ4v) is 4.22. The molecule has 4 rings (SSSR count). The number of rotatable bonds is 8. The van der Waals surface area contributed by atoms with Gasteiger partial charge in [0.05, 0.1) is 29.5 Å². The summed E-state index contributed by atoms with van der Waals surface area (Å²) in [6.07, 6.45) is -1.69. The summed E-state index contributed by atoms with van der Waals surface area (Å²) in [5.74, 6) is -0.567. The second kappa shape index (κ2) is 9.14. The van der Waals surface area contributed by atoms with Crippen LogP contribution in [0.25, 0.3) is 16.7 Å². The second-order valence-electron chi connectivity index (χ2n) is 7.07. The summed E-state index contributed by atoms with van der Waals surface area (Å²) in [7, 11) is 0. The zero-order valence-corrected chi connectivity index (χ0v) is 18.0. The monoisotopic (exact) mass is 477 g/mol. The molecule has 0 saturated heterocycles. The van der Waals surface area contributed by atoms with Gasteiger partial charge in [0.25, 0.3) is 5.56 Å². The summed E-state index contributed by atoms with van der Waals surface area (Å²) < 4.78 is 47.2. The molecular weight excluding hydrogens is 459 g/mol. The Kier molecular flexibility index (Phi) is 6.27. The lowest BCUT2D eigenvalue weighted by Crippen LogP contribution is -2.39. The predicted octanol–water partition coefficient (Wildman–Crippen LogP) is 3.51. The van der Waals surface area contributed by atoms with Crippen molar-refractivity contribution in [2.45, 2.75) is 24.4 Å². The zero-order chi connectivity index (χ0) is 23.6. The van der Waals surface area contributed by atoms with Gasteiger partial charge in [-0.1, -0.05) is 30.0 Å². The zero-order valence-electron chi connectivity index (χ0n) is 17.2. The Morgan fingerprint density at radius 2 is 2.00 bits per heavy atom. The molecule has 0 aliphatic heterocycles. The van der Waals surface area contributed by atoms with E-state index in [4.69, 9.17) is 4.42 Å². The number of halogens is 3. The molecule has 172 valence electrons. The van der Waals surface area contributed by atoms with Crippen LogP contribution in [0, 0.1) is 0 Å². The van der Waals surface area contributed by atoms with Crippen molar-refractivity contribution in [1.82, 2.24) is 24.1 Å². The number of aromatic nitrogens is 4. The second-order valence-corrected chi connectivity index (χ2v) is 8.02. The first-order valence-corrected chi connectivity index (χ1v) is 10.7. The van der Waals surface area contributed by atoms with E-state index in [9.17, 15) is 22.8 Å². The lowest BCUT2D eigenvalue weighted by atomic mass is 10.2. The Hall–Kier alpha value is -3.54. The number of alkyl halides is 3. The highest BCUT2D eigenvalue weighted by atomic mass is 32.2. The summed E-state index contributed by atoms with van der Waals surface area (Å²) in [4.78, 5) is 26.2. The number of para-hydroxylation sites is 1. The molecule has 1 amide bonds. The standard InChI is InChI=1S/C21H18F3N5O3S/c1-2-9-28-18(31)15-7-3-4-8-16(15)29-19(28)25-26-20(29)33-12-17(30)27(13-21(22,23)24)11-14-6-5-10-32-14/h2-8,10H,1,9,11-13H2. The third-order valence-electron chi connectivity index (χ3n) is 4.76. The number of furan rings is 1. The average Bonchev–Trinajstić information content (AvgIpc) is 3.43. The van der Waals surface area contributed by atoms with Crippen molar-refractivity contribution in [3.8, 4) is 0 Å². The van der Waals surface area contributed by atoms with Crippen LogP contribution in [0.3, 0.4) is 0 Å². The molecule has 0 spiro atoms. The summed E-state index contributed by atoms with van der Waals surface area (Å²) >= 11 is 0.938. The van der Waals surface area contributed by atoms with Crippen LogP contribution >= 0.6 is 11.8 Å². The number of carbonyl (C=O) groups excluding carboxylic acids is 1. The van der Waals surface area contributed by atoms with Gasteiger partial charge in [-0.05, 0) is 24.3 Å². The van der Waals surface area contributed by atoms with Crippen LogP contribution in [0.4, 0.5) is 13.2 Å². The Bertz CT molecular complexity index is 1360. The molecule has 0 fully saturated rings. The van der Waals surface area contributed by atoms with Gasteiger partial charge in [0.2, 0.25) is 11.7 Å². The molecule has 0 aliphatic carbocycles. The van der Waals surface area contributed by atoms with Gasteiger partial charge in [-0.2, -0.15) is 13.2 Å². The minimum atomic E-state index is -4.56. The Labute approximate surface area is 189 Å². The third kappa shape index (κ3) is 4.80. The van der Waals surface area contributed by atoms with Crippen molar-refractivity contribution in [2.24, 2.45) is 0 Å². The number of fused-ring (bicyclic) bond motifs is 3. The van der Waals surface area contributed by atoms with Gasteiger partial charge >= 0.3 is 6.18 Å². The van der Waals surface area contributed by atoms with E-state index in [1.54, 1.807) is 34.7 Å². The molecule has 0 N–H and O–H groups in total. The number of allylic oxidation sites excluding steroid dienone is 1. The number of amides is 1. The van der Waals surface area contributed by atoms with Crippen molar-refractivity contribution >= 4 is 34.3 Å². The Balaban J connectivity index is 1.65. The fraction of sp³-hybridized carbons (Fsp3) is 0.238. The maximum Gasteiger partial charge on any atom is 0.406 e. The van der Waals surface area contributed by atoms with Crippen molar-refractivity contribution in [3.63, 3.8) is 0 Å². The van der Waals surface area contributed by atoms with Crippen molar-refractivity contribution in [3.05, 3.63) is 71.4 Å². The first-order chi connectivity index (χ1) is 15.8. The summed E-state index contributed by atoms with van der Waals surface area (Å²) in [6, 6.07) is 9.87.